The Hall–Kier alpha value is -3.05. The van der Waals surface area contributed by atoms with Crippen molar-refractivity contribution in [3.63, 3.8) is 0 Å². The summed E-state index contributed by atoms with van der Waals surface area (Å²) in [7, 11) is 0. The maximum Gasteiger partial charge on any atom is 0.267 e. The second-order valence-electron chi connectivity index (χ2n) is 7.10. The summed E-state index contributed by atoms with van der Waals surface area (Å²) in [6.07, 6.45) is 0.709. The van der Waals surface area contributed by atoms with Gasteiger partial charge in [-0.05, 0) is 41.3 Å². The van der Waals surface area contributed by atoms with Gasteiger partial charge in [0.25, 0.3) is 5.91 Å². The molecule has 28 heavy (non-hydrogen) atoms. The number of thioether (sulfide) groups is 1. The Morgan fingerprint density at radius 1 is 0.964 bits per heavy atom. The molecular formula is C23H19N3OS. The molecule has 4 nitrogen and oxygen atoms in total. The summed E-state index contributed by atoms with van der Waals surface area (Å²) < 4.78 is 0. The molecule has 0 aliphatic carbocycles. The molecule has 2 aliphatic heterocycles. The highest BCUT2D eigenvalue weighted by atomic mass is 32.2. The van der Waals surface area contributed by atoms with Crippen molar-refractivity contribution in [3.8, 4) is 11.1 Å². The van der Waals surface area contributed by atoms with E-state index < -0.39 is 4.87 Å². The SMILES string of the molecule is Cc1cc(-c2ccccc2)cc2c1NC(=O)C21NN=C(Cc2ccccc2)S1. The van der Waals surface area contributed by atoms with E-state index in [1.165, 1.54) is 17.3 Å². The lowest BCUT2D eigenvalue weighted by molar-refractivity contribution is -0.118. The van der Waals surface area contributed by atoms with Crippen LogP contribution in [0, 0.1) is 6.92 Å². The standard InChI is InChI=1S/C23H19N3OS/c1-15-12-18(17-10-6-3-7-11-17)14-19-21(15)24-22(27)23(19)26-25-20(28-23)13-16-8-4-2-5-9-16/h2-12,14,26H,13H2,1H3,(H,24,27). The van der Waals surface area contributed by atoms with Gasteiger partial charge in [0, 0.05) is 12.0 Å². The fourth-order valence-corrected chi connectivity index (χ4v) is 4.96. The van der Waals surface area contributed by atoms with Crippen molar-refractivity contribution in [3.05, 3.63) is 89.5 Å². The van der Waals surface area contributed by atoms with E-state index >= 15 is 0 Å². The Morgan fingerprint density at radius 2 is 1.68 bits per heavy atom. The van der Waals surface area contributed by atoms with Gasteiger partial charge in [-0.2, -0.15) is 5.10 Å². The molecule has 1 amide bonds. The van der Waals surface area contributed by atoms with Crippen LogP contribution in [0.3, 0.4) is 0 Å². The lowest BCUT2D eigenvalue weighted by Crippen LogP contribution is -2.39. The van der Waals surface area contributed by atoms with Crippen LogP contribution in [0.5, 0.6) is 0 Å². The van der Waals surface area contributed by atoms with Crippen LogP contribution in [-0.2, 0) is 16.1 Å². The molecule has 5 heteroatoms. The number of carbonyl (C=O) groups excluding carboxylic acids is 1. The van der Waals surface area contributed by atoms with E-state index in [1.807, 2.05) is 43.3 Å². The molecule has 0 aromatic heterocycles. The van der Waals surface area contributed by atoms with Gasteiger partial charge in [-0.25, -0.2) is 0 Å². The number of amides is 1. The Kier molecular flexibility index (Phi) is 3.98. The van der Waals surface area contributed by atoms with E-state index in [1.54, 1.807) is 0 Å². The number of benzene rings is 3. The minimum atomic E-state index is -0.894. The first-order valence-corrected chi connectivity index (χ1v) is 10.1. The highest BCUT2D eigenvalue weighted by Gasteiger charge is 2.52. The van der Waals surface area contributed by atoms with E-state index in [9.17, 15) is 4.79 Å². The lowest BCUT2D eigenvalue weighted by atomic mass is 9.96. The number of anilines is 1. The van der Waals surface area contributed by atoms with Crippen LogP contribution in [0.1, 0.15) is 16.7 Å². The Balaban J connectivity index is 1.52. The summed E-state index contributed by atoms with van der Waals surface area (Å²) in [5, 5.41) is 8.50. The summed E-state index contributed by atoms with van der Waals surface area (Å²) >= 11 is 1.51. The lowest BCUT2D eigenvalue weighted by Gasteiger charge is -2.21. The third-order valence-corrected chi connectivity index (χ3v) is 6.46. The number of nitrogens with one attached hydrogen (secondary N) is 2. The number of aryl methyl sites for hydroxylation is 1. The summed E-state index contributed by atoms with van der Waals surface area (Å²) in [5.74, 6) is -0.0624. The molecule has 0 saturated carbocycles. The molecule has 138 valence electrons. The van der Waals surface area contributed by atoms with Gasteiger partial charge in [-0.1, -0.05) is 72.4 Å². The third kappa shape index (κ3) is 2.70. The van der Waals surface area contributed by atoms with Crippen molar-refractivity contribution in [2.24, 2.45) is 5.10 Å². The first-order valence-electron chi connectivity index (χ1n) is 9.24. The van der Waals surface area contributed by atoms with Crippen LogP contribution in [0.25, 0.3) is 11.1 Å². The van der Waals surface area contributed by atoms with Gasteiger partial charge in [-0.15, -0.1) is 0 Å². The number of hydrogen-bond acceptors (Lipinski definition) is 4. The molecule has 0 saturated heterocycles. The highest BCUT2D eigenvalue weighted by Crippen LogP contribution is 2.49. The average molecular weight is 385 g/mol. The Labute approximate surface area is 168 Å². The van der Waals surface area contributed by atoms with E-state index in [0.717, 1.165) is 33.0 Å². The van der Waals surface area contributed by atoms with Gasteiger partial charge >= 0.3 is 0 Å². The van der Waals surface area contributed by atoms with E-state index in [-0.39, 0.29) is 5.91 Å². The monoisotopic (exact) mass is 385 g/mol. The maximum atomic E-state index is 13.0. The normalized spacial score (nSPS) is 19.9. The predicted molar refractivity (Wildman–Crippen MR) is 115 cm³/mol. The van der Waals surface area contributed by atoms with Crippen molar-refractivity contribution in [1.29, 1.82) is 0 Å². The van der Waals surface area contributed by atoms with E-state index in [4.69, 9.17) is 0 Å². The maximum absolute atomic E-state index is 13.0. The minimum Gasteiger partial charge on any atom is -0.322 e. The number of nitrogens with zero attached hydrogens (tertiary/aromatic N) is 1. The first kappa shape index (κ1) is 17.1. The average Bonchev–Trinajstić information content (AvgIpc) is 3.26. The van der Waals surface area contributed by atoms with Gasteiger partial charge in [0.05, 0.1) is 5.69 Å². The fraction of sp³-hybridized carbons (Fsp3) is 0.130. The molecule has 1 atom stereocenters. The van der Waals surface area contributed by atoms with Gasteiger partial charge in [-0.3, -0.25) is 10.2 Å². The minimum absolute atomic E-state index is 0.0624. The number of hydrazone groups is 1. The number of hydrogen-bond donors (Lipinski definition) is 2. The molecule has 5 rings (SSSR count). The summed E-state index contributed by atoms with van der Waals surface area (Å²) in [6, 6.07) is 24.7. The molecular weight excluding hydrogens is 366 g/mol. The zero-order valence-corrected chi connectivity index (χ0v) is 16.2. The zero-order chi connectivity index (χ0) is 19.1. The second kappa shape index (κ2) is 6.53. The molecule has 3 aromatic rings. The Bertz CT molecular complexity index is 1100. The quantitative estimate of drug-likeness (QED) is 0.689. The van der Waals surface area contributed by atoms with Crippen LogP contribution < -0.4 is 10.7 Å². The van der Waals surface area contributed by atoms with Gasteiger partial charge < -0.3 is 5.32 Å². The van der Waals surface area contributed by atoms with Crippen LogP contribution in [0.15, 0.2) is 77.9 Å². The number of fused-ring (bicyclic) bond motifs is 2. The summed E-state index contributed by atoms with van der Waals surface area (Å²) in [5.41, 5.74) is 9.47. The predicted octanol–water partition coefficient (Wildman–Crippen LogP) is 4.66. The van der Waals surface area contributed by atoms with Crippen molar-refractivity contribution in [1.82, 2.24) is 5.43 Å². The van der Waals surface area contributed by atoms with Crippen LogP contribution in [-0.4, -0.2) is 11.0 Å². The van der Waals surface area contributed by atoms with E-state index in [0.29, 0.717) is 6.42 Å². The smallest absolute Gasteiger partial charge is 0.267 e. The van der Waals surface area contributed by atoms with Crippen molar-refractivity contribution >= 4 is 28.4 Å². The molecule has 0 bridgehead atoms. The van der Waals surface area contributed by atoms with Gasteiger partial charge in [0.2, 0.25) is 4.87 Å². The summed E-state index contributed by atoms with van der Waals surface area (Å²) in [6.45, 7) is 2.04. The largest absolute Gasteiger partial charge is 0.322 e. The molecule has 0 fully saturated rings. The number of rotatable bonds is 3. The molecule has 2 N–H and O–H groups in total. The molecule has 3 aromatic carbocycles. The highest BCUT2D eigenvalue weighted by molar-refractivity contribution is 8.15. The summed E-state index contributed by atoms with van der Waals surface area (Å²) in [4.78, 5) is 12.1. The van der Waals surface area contributed by atoms with Crippen molar-refractivity contribution < 1.29 is 4.79 Å². The Morgan fingerprint density at radius 3 is 2.43 bits per heavy atom. The molecule has 1 unspecified atom stereocenters. The van der Waals surface area contributed by atoms with Gasteiger partial charge in [0.15, 0.2) is 0 Å². The molecule has 2 heterocycles. The van der Waals surface area contributed by atoms with Crippen LogP contribution in [0.2, 0.25) is 0 Å². The zero-order valence-electron chi connectivity index (χ0n) is 15.4. The van der Waals surface area contributed by atoms with Gasteiger partial charge in [0.1, 0.15) is 5.04 Å². The fourth-order valence-electron chi connectivity index (χ4n) is 3.77. The third-order valence-electron chi connectivity index (χ3n) is 5.19. The van der Waals surface area contributed by atoms with Crippen molar-refractivity contribution in [2.45, 2.75) is 18.2 Å². The van der Waals surface area contributed by atoms with Crippen LogP contribution >= 0.6 is 11.8 Å². The second-order valence-corrected chi connectivity index (χ2v) is 8.39. The van der Waals surface area contributed by atoms with E-state index in [2.05, 4.69) is 52.2 Å². The first-order chi connectivity index (χ1) is 13.7. The molecule has 1 spiro atoms. The topological polar surface area (TPSA) is 53.5 Å². The van der Waals surface area contributed by atoms with Crippen LogP contribution in [0.4, 0.5) is 5.69 Å². The van der Waals surface area contributed by atoms with Crippen molar-refractivity contribution in [2.75, 3.05) is 5.32 Å². The number of carbonyl (C=O) groups is 1. The molecule has 2 aliphatic rings. The molecule has 0 radical (unpaired) electrons.